The van der Waals surface area contributed by atoms with E-state index in [1.54, 1.807) is 0 Å². The van der Waals surface area contributed by atoms with E-state index in [1.165, 1.54) is 5.56 Å². The lowest BCUT2D eigenvalue weighted by Crippen LogP contribution is -2.74. The number of likely N-dealkylation sites (tertiary alicyclic amines) is 1. The minimum absolute atomic E-state index is 0.312. The van der Waals surface area contributed by atoms with Gasteiger partial charge in [-0.2, -0.15) is 5.10 Å². The molecule has 7 nitrogen and oxygen atoms in total. The number of nitrogens with one attached hydrogen (secondary N) is 1. The third kappa shape index (κ3) is 3.34. The van der Waals surface area contributed by atoms with Crippen LogP contribution in [-0.2, 0) is 6.54 Å². The molecule has 5 rings (SSSR count). The van der Waals surface area contributed by atoms with Gasteiger partial charge in [-0.15, -0.1) is 5.10 Å². The van der Waals surface area contributed by atoms with Crippen molar-refractivity contribution in [3.63, 3.8) is 0 Å². The van der Waals surface area contributed by atoms with Gasteiger partial charge >= 0.3 is 0 Å². The molecular formula is C21H24ClN7. The van der Waals surface area contributed by atoms with Gasteiger partial charge in [-0.3, -0.25) is 0 Å². The molecule has 0 atom stereocenters. The van der Waals surface area contributed by atoms with E-state index in [9.17, 15) is 0 Å². The Hall–Kier alpha value is -2.64. The minimum Gasteiger partial charge on any atom is -0.355 e. The molecule has 0 amide bonds. The fraction of sp³-hybridized carbons (Fsp3) is 0.381. The summed E-state index contributed by atoms with van der Waals surface area (Å²) in [4.78, 5) is 11.4. The number of aromatic nitrogens is 1. The number of benzene rings is 1. The zero-order valence-corrected chi connectivity index (χ0v) is 17.0. The van der Waals surface area contributed by atoms with E-state index in [0.29, 0.717) is 5.41 Å². The smallest absolute Gasteiger partial charge is 0.226 e. The Morgan fingerprint density at radius 2 is 2.03 bits per heavy atom. The van der Waals surface area contributed by atoms with Crippen molar-refractivity contribution in [3.8, 4) is 0 Å². The van der Waals surface area contributed by atoms with Crippen molar-refractivity contribution in [2.45, 2.75) is 6.54 Å². The first-order valence-electron chi connectivity index (χ1n) is 9.89. The number of nitrogens with zero attached hydrogens (tertiary/aromatic N) is 6. The fourth-order valence-corrected chi connectivity index (χ4v) is 4.82. The Morgan fingerprint density at radius 3 is 2.79 bits per heavy atom. The summed E-state index contributed by atoms with van der Waals surface area (Å²) in [7, 11) is 0. The molecule has 2 fully saturated rings. The van der Waals surface area contributed by atoms with E-state index in [4.69, 9.17) is 11.6 Å². The number of fused-ring (bicyclic) bond motifs is 1. The van der Waals surface area contributed by atoms with Gasteiger partial charge in [-0.25, -0.2) is 4.98 Å². The second kappa shape index (κ2) is 7.31. The zero-order chi connectivity index (χ0) is 19.8. The van der Waals surface area contributed by atoms with Crippen LogP contribution in [0.4, 0.5) is 11.5 Å². The summed E-state index contributed by atoms with van der Waals surface area (Å²) in [5, 5.41) is 12.5. The number of rotatable bonds is 2. The van der Waals surface area contributed by atoms with Crippen molar-refractivity contribution in [2.75, 3.05) is 49.1 Å². The summed E-state index contributed by atoms with van der Waals surface area (Å²) < 4.78 is 0. The van der Waals surface area contributed by atoms with Gasteiger partial charge in [-0.1, -0.05) is 17.7 Å². The predicted molar refractivity (Wildman–Crippen MR) is 118 cm³/mol. The molecule has 4 heterocycles. The molecule has 0 bridgehead atoms. The zero-order valence-electron chi connectivity index (χ0n) is 16.3. The van der Waals surface area contributed by atoms with Gasteiger partial charge in [-0.05, 0) is 35.9 Å². The molecule has 1 aromatic carbocycles. The molecule has 0 saturated carbocycles. The van der Waals surface area contributed by atoms with Crippen LogP contribution >= 0.6 is 11.6 Å². The van der Waals surface area contributed by atoms with E-state index in [1.807, 2.05) is 30.5 Å². The number of guanidine groups is 1. The summed E-state index contributed by atoms with van der Waals surface area (Å²) in [6.07, 6.45) is 1.85. The molecule has 2 aromatic rings. The van der Waals surface area contributed by atoms with Crippen molar-refractivity contribution < 1.29 is 0 Å². The summed E-state index contributed by atoms with van der Waals surface area (Å²) >= 11 is 6.22. The molecule has 0 unspecified atom stereocenters. The Labute approximate surface area is 175 Å². The Bertz CT molecular complexity index is 931. The van der Waals surface area contributed by atoms with Gasteiger partial charge in [0, 0.05) is 74.9 Å². The maximum Gasteiger partial charge on any atom is 0.226 e. The molecule has 8 heteroatoms. The molecule has 1 spiro atoms. The average Bonchev–Trinajstić information content (AvgIpc) is 2.87. The van der Waals surface area contributed by atoms with Crippen molar-refractivity contribution >= 4 is 35.8 Å². The maximum absolute atomic E-state index is 6.22. The molecule has 1 N–H and O–H groups in total. The first-order valence-corrected chi connectivity index (χ1v) is 10.3. The SMILES string of the molecule is C=N/N=C(/N1CC2(C1)CN(c1ccccn1)C2)N1CCNCc2cc(Cl)ccc21. The van der Waals surface area contributed by atoms with Crippen molar-refractivity contribution in [1.82, 2.24) is 15.2 Å². The summed E-state index contributed by atoms with van der Waals surface area (Å²) in [5.41, 5.74) is 2.62. The summed E-state index contributed by atoms with van der Waals surface area (Å²) in [6.45, 7) is 10.1. The van der Waals surface area contributed by atoms with Crippen LogP contribution in [-0.4, -0.2) is 61.8 Å². The van der Waals surface area contributed by atoms with Gasteiger partial charge in [0.25, 0.3) is 0 Å². The molecule has 3 aliphatic rings. The molecule has 0 aliphatic carbocycles. The van der Waals surface area contributed by atoms with Crippen LogP contribution in [0, 0.1) is 5.41 Å². The quantitative estimate of drug-likeness (QED) is 0.469. The molecule has 2 saturated heterocycles. The normalized spacial score (nSPS) is 20.6. The van der Waals surface area contributed by atoms with Crippen LogP contribution in [0.5, 0.6) is 0 Å². The molecule has 150 valence electrons. The lowest BCUT2D eigenvalue weighted by molar-refractivity contribution is 0.0274. The van der Waals surface area contributed by atoms with Gasteiger partial charge < -0.3 is 20.0 Å². The minimum atomic E-state index is 0.312. The van der Waals surface area contributed by atoms with Crippen LogP contribution in [0.2, 0.25) is 5.02 Å². The number of halogens is 1. The third-order valence-electron chi connectivity index (χ3n) is 5.92. The topological polar surface area (TPSA) is 59.4 Å². The molecule has 1 aromatic heterocycles. The Kier molecular flexibility index (Phi) is 4.64. The first-order chi connectivity index (χ1) is 14.2. The number of hydrogen-bond donors (Lipinski definition) is 1. The van der Waals surface area contributed by atoms with Gasteiger partial charge in [0.1, 0.15) is 5.82 Å². The monoisotopic (exact) mass is 409 g/mol. The lowest BCUT2D eigenvalue weighted by Gasteiger charge is -2.61. The van der Waals surface area contributed by atoms with Gasteiger partial charge in [0.05, 0.1) is 0 Å². The highest BCUT2D eigenvalue weighted by molar-refractivity contribution is 6.30. The third-order valence-corrected chi connectivity index (χ3v) is 6.16. The van der Waals surface area contributed by atoms with Crippen molar-refractivity contribution in [3.05, 3.63) is 53.2 Å². The largest absolute Gasteiger partial charge is 0.355 e. The first kappa shape index (κ1) is 18.4. The highest BCUT2D eigenvalue weighted by Gasteiger charge is 2.53. The Morgan fingerprint density at radius 1 is 1.17 bits per heavy atom. The van der Waals surface area contributed by atoms with Crippen LogP contribution in [0.3, 0.4) is 0 Å². The average molecular weight is 410 g/mol. The number of hydrogen-bond acceptors (Lipinski definition) is 5. The van der Waals surface area contributed by atoms with Crippen molar-refractivity contribution in [2.24, 2.45) is 15.6 Å². The van der Waals surface area contributed by atoms with E-state index in [-0.39, 0.29) is 0 Å². The molecular weight excluding hydrogens is 386 g/mol. The van der Waals surface area contributed by atoms with Crippen LogP contribution in [0.15, 0.2) is 52.8 Å². The van der Waals surface area contributed by atoms with Crippen LogP contribution in [0.25, 0.3) is 0 Å². The van der Waals surface area contributed by atoms with Crippen molar-refractivity contribution in [1.29, 1.82) is 0 Å². The van der Waals surface area contributed by atoms with E-state index >= 15 is 0 Å². The fourth-order valence-electron chi connectivity index (χ4n) is 4.62. The summed E-state index contributed by atoms with van der Waals surface area (Å²) in [6, 6.07) is 12.1. The highest BCUT2D eigenvalue weighted by Crippen LogP contribution is 2.42. The van der Waals surface area contributed by atoms with Crippen LogP contribution < -0.4 is 15.1 Å². The lowest BCUT2D eigenvalue weighted by atomic mass is 9.73. The van der Waals surface area contributed by atoms with E-state index in [0.717, 1.165) is 68.3 Å². The van der Waals surface area contributed by atoms with E-state index in [2.05, 4.69) is 54.1 Å². The molecule has 0 radical (unpaired) electrons. The summed E-state index contributed by atoms with van der Waals surface area (Å²) in [5.74, 6) is 1.93. The van der Waals surface area contributed by atoms with Gasteiger partial charge in [0.2, 0.25) is 5.96 Å². The van der Waals surface area contributed by atoms with Crippen LogP contribution in [0.1, 0.15) is 5.56 Å². The maximum atomic E-state index is 6.22. The standard InChI is InChI=1S/C21H24ClN7/c1-23-26-20(29-9-8-24-11-16-10-17(22)5-6-18(16)29)28-14-21(15-28)12-27(13-21)19-4-2-3-7-25-19/h2-7,10,24H,1,8-9,11-15H2/b26-20-. The number of pyridine rings is 1. The predicted octanol–water partition coefficient (Wildman–Crippen LogP) is 2.44. The molecule has 29 heavy (non-hydrogen) atoms. The van der Waals surface area contributed by atoms with Gasteiger partial charge in [0.15, 0.2) is 0 Å². The second-order valence-corrected chi connectivity index (χ2v) is 8.48. The number of anilines is 2. The Balaban J connectivity index is 1.32. The second-order valence-electron chi connectivity index (χ2n) is 8.04. The molecule has 3 aliphatic heterocycles. The van der Waals surface area contributed by atoms with E-state index < -0.39 is 0 Å². The highest BCUT2D eigenvalue weighted by atomic mass is 35.5.